The summed E-state index contributed by atoms with van der Waals surface area (Å²) in [5.74, 6) is 0.233. The predicted molar refractivity (Wildman–Crippen MR) is 126 cm³/mol. The predicted octanol–water partition coefficient (Wildman–Crippen LogP) is 3.26. The Morgan fingerprint density at radius 3 is 2.39 bits per heavy atom. The van der Waals surface area contributed by atoms with Gasteiger partial charge in [-0.3, -0.25) is 19.7 Å². The summed E-state index contributed by atoms with van der Waals surface area (Å²) in [4.78, 5) is 40.9. The molecule has 0 radical (unpaired) electrons. The number of nitrogens with one attached hydrogen (secondary N) is 1. The standard InChI is InChI=1S/C27H31N3O3/c1-29-13-3-6-22(15-29)18-7-9-19(10-8-18)27(33)30-16-23(17-30)20-4-2-5-21(14-20)24-11-12-25(31)28-26(24)32/h2,4-5,7-10,14,22-24H,3,6,11-13,15-17H2,1H3,(H,28,31,32)/t22-,24?/m0/s1. The average Bonchev–Trinajstić information content (AvgIpc) is 2.78. The van der Waals surface area contributed by atoms with Gasteiger partial charge >= 0.3 is 0 Å². The summed E-state index contributed by atoms with van der Waals surface area (Å²) < 4.78 is 0. The number of carbonyl (C=O) groups is 3. The molecule has 0 aromatic heterocycles. The molecule has 0 saturated carbocycles. The Labute approximate surface area is 194 Å². The van der Waals surface area contributed by atoms with Gasteiger partial charge in [0.05, 0.1) is 5.92 Å². The lowest BCUT2D eigenvalue weighted by atomic mass is 9.85. The Balaban J connectivity index is 1.19. The summed E-state index contributed by atoms with van der Waals surface area (Å²) in [5.41, 5.74) is 4.17. The Hall–Kier alpha value is -2.99. The number of benzene rings is 2. The smallest absolute Gasteiger partial charge is 0.253 e. The number of likely N-dealkylation sites (N-methyl/N-ethyl adjacent to an activating group) is 1. The fourth-order valence-corrected chi connectivity index (χ4v) is 5.42. The zero-order valence-electron chi connectivity index (χ0n) is 19.1. The molecule has 2 atom stereocenters. The van der Waals surface area contributed by atoms with Crippen LogP contribution in [0.4, 0.5) is 0 Å². The van der Waals surface area contributed by atoms with Gasteiger partial charge in [-0.15, -0.1) is 0 Å². The monoisotopic (exact) mass is 445 g/mol. The lowest BCUT2D eigenvalue weighted by Crippen LogP contribution is -2.48. The molecule has 2 aromatic rings. The van der Waals surface area contributed by atoms with Crippen molar-refractivity contribution in [3.05, 3.63) is 70.8 Å². The SMILES string of the molecule is CN1CCC[C@H](c2ccc(C(=O)N3CC(c4cccc(C5CCC(=O)NC5=O)c4)C3)cc2)C1. The highest BCUT2D eigenvalue weighted by atomic mass is 16.2. The third-order valence-electron chi connectivity index (χ3n) is 7.45. The number of rotatable bonds is 4. The minimum atomic E-state index is -0.275. The highest BCUT2D eigenvalue weighted by molar-refractivity contribution is 6.01. The average molecular weight is 446 g/mol. The lowest BCUT2D eigenvalue weighted by Gasteiger charge is -2.40. The molecule has 3 amide bonds. The number of hydrogen-bond acceptors (Lipinski definition) is 4. The van der Waals surface area contributed by atoms with Gasteiger partial charge in [-0.25, -0.2) is 0 Å². The van der Waals surface area contributed by atoms with Crippen molar-refractivity contribution in [2.75, 3.05) is 33.2 Å². The molecule has 2 aromatic carbocycles. The van der Waals surface area contributed by atoms with Crippen LogP contribution < -0.4 is 5.32 Å². The second kappa shape index (κ2) is 9.10. The van der Waals surface area contributed by atoms with Gasteiger partial charge in [0.25, 0.3) is 5.91 Å². The van der Waals surface area contributed by atoms with Crippen LogP contribution in [0.1, 0.15) is 70.5 Å². The number of piperidine rings is 2. The number of likely N-dealkylation sites (tertiary alicyclic amines) is 2. The number of imide groups is 1. The quantitative estimate of drug-likeness (QED) is 0.734. The number of carbonyl (C=O) groups excluding carboxylic acids is 3. The van der Waals surface area contributed by atoms with E-state index in [0.29, 0.717) is 31.8 Å². The number of hydrogen-bond donors (Lipinski definition) is 1. The van der Waals surface area contributed by atoms with Crippen molar-refractivity contribution in [1.29, 1.82) is 0 Å². The van der Waals surface area contributed by atoms with Crippen LogP contribution in [0.2, 0.25) is 0 Å². The molecule has 0 aliphatic carbocycles. The van der Waals surface area contributed by atoms with Crippen LogP contribution in [-0.4, -0.2) is 60.7 Å². The van der Waals surface area contributed by atoms with Crippen LogP contribution in [0, 0.1) is 0 Å². The molecular formula is C27H31N3O3. The van der Waals surface area contributed by atoms with Crippen molar-refractivity contribution >= 4 is 17.7 Å². The van der Waals surface area contributed by atoms with E-state index >= 15 is 0 Å². The van der Waals surface area contributed by atoms with E-state index in [0.717, 1.165) is 23.2 Å². The van der Waals surface area contributed by atoms with Gasteiger partial charge in [0.15, 0.2) is 0 Å². The van der Waals surface area contributed by atoms with Crippen molar-refractivity contribution in [2.24, 2.45) is 0 Å². The molecule has 3 aliphatic heterocycles. The van der Waals surface area contributed by atoms with Crippen LogP contribution in [0.5, 0.6) is 0 Å². The molecule has 6 heteroatoms. The van der Waals surface area contributed by atoms with Gasteiger partial charge in [-0.05, 0) is 67.6 Å². The van der Waals surface area contributed by atoms with Crippen molar-refractivity contribution in [3.63, 3.8) is 0 Å². The van der Waals surface area contributed by atoms with Gasteiger partial charge in [-0.2, -0.15) is 0 Å². The maximum atomic E-state index is 13.0. The Kier molecular flexibility index (Phi) is 6.02. The van der Waals surface area contributed by atoms with Gasteiger partial charge in [0.1, 0.15) is 0 Å². The van der Waals surface area contributed by atoms with E-state index in [1.807, 2.05) is 29.2 Å². The van der Waals surface area contributed by atoms with Crippen LogP contribution in [0.15, 0.2) is 48.5 Å². The highest BCUT2D eigenvalue weighted by Crippen LogP contribution is 2.33. The fourth-order valence-electron chi connectivity index (χ4n) is 5.42. The molecule has 1 N–H and O–H groups in total. The van der Waals surface area contributed by atoms with Crippen molar-refractivity contribution < 1.29 is 14.4 Å². The third-order valence-corrected chi connectivity index (χ3v) is 7.45. The maximum Gasteiger partial charge on any atom is 0.253 e. The Bertz CT molecular complexity index is 1060. The fraction of sp³-hybridized carbons (Fsp3) is 0.444. The molecule has 6 nitrogen and oxygen atoms in total. The molecule has 0 bridgehead atoms. The Morgan fingerprint density at radius 1 is 0.909 bits per heavy atom. The molecule has 3 saturated heterocycles. The molecular weight excluding hydrogens is 414 g/mol. The molecule has 3 heterocycles. The van der Waals surface area contributed by atoms with Crippen LogP contribution in [0.3, 0.4) is 0 Å². The summed E-state index contributed by atoms with van der Waals surface area (Å²) in [5, 5.41) is 2.44. The van der Waals surface area contributed by atoms with Crippen LogP contribution >= 0.6 is 0 Å². The molecule has 172 valence electrons. The van der Waals surface area contributed by atoms with E-state index in [-0.39, 0.29) is 29.6 Å². The molecule has 1 unspecified atom stereocenters. The number of nitrogens with zero attached hydrogens (tertiary/aromatic N) is 2. The van der Waals surface area contributed by atoms with Crippen molar-refractivity contribution in [3.8, 4) is 0 Å². The van der Waals surface area contributed by atoms with Crippen molar-refractivity contribution in [1.82, 2.24) is 15.1 Å². The molecule has 3 aliphatic rings. The third kappa shape index (κ3) is 4.58. The van der Waals surface area contributed by atoms with Gasteiger partial charge in [-0.1, -0.05) is 36.4 Å². The van der Waals surface area contributed by atoms with Crippen LogP contribution in [-0.2, 0) is 9.59 Å². The van der Waals surface area contributed by atoms with E-state index in [1.54, 1.807) is 0 Å². The number of amides is 3. The van der Waals surface area contributed by atoms with E-state index in [4.69, 9.17) is 0 Å². The summed E-state index contributed by atoms with van der Waals surface area (Å²) >= 11 is 0. The Morgan fingerprint density at radius 2 is 1.67 bits per heavy atom. The van der Waals surface area contributed by atoms with Crippen molar-refractivity contribution in [2.45, 2.75) is 43.4 Å². The normalized spacial score (nSPS) is 24.3. The van der Waals surface area contributed by atoms with Gasteiger partial charge in [0, 0.05) is 37.5 Å². The van der Waals surface area contributed by atoms with E-state index in [9.17, 15) is 14.4 Å². The first kappa shape index (κ1) is 21.8. The summed E-state index contributed by atoms with van der Waals surface area (Å²) in [6.45, 7) is 3.62. The van der Waals surface area contributed by atoms with Gasteiger partial charge < -0.3 is 9.80 Å². The molecule has 3 fully saturated rings. The topological polar surface area (TPSA) is 69.7 Å². The first-order valence-electron chi connectivity index (χ1n) is 12.0. The lowest BCUT2D eigenvalue weighted by molar-refractivity contribution is -0.134. The second-order valence-electron chi connectivity index (χ2n) is 9.80. The summed E-state index contributed by atoms with van der Waals surface area (Å²) in [6.07, 6.45) is 3.37. The van der Waals surface area contributed by atoms with E-state index < -0.39 is 0 Å². The van der Waals surface area contributed by atoms with Crippen LogP contribution in [0.25, 0.3) is 0 Å². The van der Waals surface area contributed by atoms with E-state index in [2.05, 4.69) is 41.5 Å². The van der Waals surface area contributed by atoms with E-state index in [1.165, 1.54) is 24.9 Å². The zero-order chi connectivity index (χ0) is 22.9. The first-order chi connectivity index (χ1) is 16.0. The molecule has 33 heavy (non-hydrogen) atoms. The molecule has 5 rings (SSSR count). The zero-order valence-corrected chi connectivity index (χ0v) is 19.1. The van der Waals surface area contributed by atoms with Gasteiger partial charge in [0.2, 0.25) is 11.8 Å². The highest BCUT2D eigenvalue weighted by Gasteiger charge is 2.34. The second-order valence-corrected chi connectivity index (χ2v) is 9.80. The summed E-state index contributed by atoms with van der Waals surface area (Å²) in [6, 6.07) is 16.3. The minimum Gasteiger partial charge on any atom is -0.337 e. The first-order valence-corrected chi connectivity index (χ1v) is 12.0. The largest absolute Gasteiger partial charge is 0.337 e. The molecule has 0 spiro atoms. The minimum absolute atomic E-state index is 0.0832. The summed E-state index contributed by atoms with van der Waals surface area (Å²) in [7, 11) is 2.17. The maximum absolute atomic E-state index is 13.0.